The molecule has 0 aliphatic carbocycles. The highest BCUT2D eigenvalue weighted by Gasteiger charge is 2.26. The molecule has 4 heteroatoms. The summed E-state index contributed by atoms with van der Waals surface area (Å²) in [5.41, 5.74) is 2.98. The highest BCUT2D eigenvalue weighted by Crippen LogP contribution is 2.19. The minimum atomic E-state index is 0.0992. The minimum absolute atomic E-state index is 0.0992. The van der Waals surface area contributed by atoms with Crippen molar-refractivity contribution in [2.45, 2.75) is 46.3 Å². The van der Waals surface area contributed by atoms with Gasteiger partial charge in [-0.05, 0) is 51.0 Å². The average molecular weight is 290 g/mol. The first-order valence-electron chi connectivity index (χ1n) is 7.80. The van der Waals surface area contributed by atoms with Crippen molar-refractivity contribution in [3.8, 4) is 0 Å². The van der Waals surface area contributed by atoms with E-state index in [9.17, 15) is 4.79 Å². The molecule has 0 saturated carbocycles. The number of rotatable bonds is 4. The molecule has 2 rings (SSSR count). The Morgan fingerprint density at radius 3 is 2.57 bits per heavy atom. The second-order valence-corrected chi connectivity index (χ2v) is 5.92. The van der Waals surface area contributed by atoms with Gasteiger partial charge in [0.1, 0.15) is 0 Å². The summed E-state index contributed by atoms with van der Waals surface area (Å²) >= 11 is 0. The number of carbonyl (C=O) groups excluding carboxylic acids is 1. The van der Waals surface area contributed by atoms with Crippen molar-refractivity contribution in [2.24, 2.45) is 0 Å². The van der Waals surface area contributed by atoms with Gasteiger partial charge in [-0.25, -0.2) is 0 Å². The maximum absolute atomic E-state index is 12.6. The van der Waals surface area contributed by atoms with E-state index >= 15 is 0 Å². The van der Waals surface area contributed by atoms with E-state index in [0.29, 0.717) is 13.1 Å². The summed E-state index contributed by atoms with van der Waals surface area (Å²) in [6.45, 7) is 10.5. The van der Waals surface area contributed by atoms with E-state index in [4.69, 9.17) is 4.74 Å². The maximum Gasteiger partial charge on any atom is 0.254 e. The third kappa shape index (κ3) is 3.97. The van der Waals surface area contributed by atoms with Crippen molar-refractivity contribution in [1.82, 2.24) is 4.90 Å². The zero-order valence-electron chi connectivity index (χ0n) is 13.5. The minimum Gasteiger partial charge on any atom is -0.385 e. The van der Waals surface area contributed by atoms with Gasteiger partial charge in [-0.2, -0.15) is 0 Å². The molecule has 1 N–H and O–H groups in total. The Labute approximate surface area is 127 Å². The first-order valence-corrected chi connectivity index (χ1v) is 7.80. The SMILES string of the molecule is CCCNc1ccc(C(=O)N2C[C@@H](C)O[C@@H](C)C2)cc1C. The Balaban J connectivity index is 2.10. The summed E-state index contributed by atoms with van der Waals surface area (Å²) in [7, 11) is 0. The van der Waals surface area contributed by atoms with Crippen molar-refractivity contribution in [2.75, 3.05) is 25.0 Å². The Morgan fingerprint density at radius 1 is 1.33 bits per heavy atom. The van der Waals surface area contributed by atoms with Crippen molar-refractivity contribution in [1.29, 1.82) is 0 Å². The van der Waals surface area contributed by atoms with Crippen LogP contribution in [0.25, 0.3) is 0 Å². The van der Waals surface area contributed by atoms with Crippen LogP contribution in [-0.2, 0) is 4.74 Å². The number of nitrogens with one attached hydrogen (secondary N) is 1. The average Bonchev–Trinajstić information content (AvgIpc) is 2.44. The van der Waals surface area contributed by atoms with E-state index in [2.05, 4.69) is 12.2 Å². The van der Waals surface area contributed by atoms with Crippen LogP contribution in [-0.4, -0.2) is 42.6 Å². The van der Waals surface area contributed by atoms with E-state index < -0.39 is 0 Å². The lowest BCUT2D eigenvalue weighted by atomic mass is 10.1. The molecule has 0 aromatic heterocycles. The largest absolute Gasteiger partial charge is 0.385 e. The summed E-state index contributed by atoms with van der Waals surface area (Å²) in [6, 6.07) is 5.90. The first-order chi connectivity index (χ1) is 10.0. The van der Waals surface area contributed by atoms with Crippen molar-refractivity contribution in [3.05, 3.63) is 29.3 Å². The lowest BCUT2D eigenvalue weighted by Gasteiger charge is -2.35. The molecule has 0 spiro atoms. The zero-order valence-corrected chi connectivity index (χ0v) is 13.5. The van der Waals surface area contributed by atoms with E-state index in [0.717, 1.165) is 29.8 Å². The Hall–Kier alpha value is -1.55. The molecule has 1 aromatic carbocycles. The number of morpholine rings is 1. The third-order valence-electron chi connectivity index (χ3n) is 3.75. The molecule has 0 bridgehead atoms. The molecule has 1 aromatic rings. The van der Waals surface area contributed by atoms with E-state index in [1.165, 1.54) is 0 Å². The second-order valence-electron chi connectivity index (χ2n) is 5.92. The van der Waals surface area contributed by atoms with Crippen LogP contribution >= 0.6 is 0 Å². The number of nitrogens with zero attached hydrogens (tertiary/aromatic N) is 1. The molecular formula is C17H26N2O2. The molecule has 4 nitrogen and oxygen atoms in total. The van der Waals surface area contributed by atoms with Gasteiger partial charge in [0.25, 0.3) is 5.91 Å². The predicted octanol–water partition coefficient (Wildman–Crippen LogP) is 3.07. The molecule has 2 atom stereocenters. The second kappa shape index (κ2) is 6.94. The van der Waals surface area contributed by atoms with Crippen molar-refractivity contribution in [3.63, 3.8) is 0 Å². The van der Waals surface area contributed by atoms with Crippen LogP contribution in [0, 0.1) is 6.92 Å². The number of hydrogen-bond donors (Lipinski definition) is 1. The standard InChI is InChI=1S/C17H26N2O2/c1-5-8-18-16-7-6-15(9-12(16)2)17(20)19-10-13(3)21-14(4)11-19/h6-7,9,13-14,18H,5,8,10-11H2,1-4H3/t13-,14+. The van der Waals surface area contributed by atoms with Gasteiger partial charge in [-0.15, -0.1) is 0 Å². The fraction of sp³-hybridized carbons (Fsp3) is 0.588. The zero-order chi connectivity index (χ0) is 15.4. The van der Waals surface area contributed by atoms with Gasteiger partial charge < -0.3 is 15.0 Å². The molecule has 21 heavy (non-hydrogen) atoms. The summed E-state index contributed by atoms with van der Waals surface area (Å²) in [4.78, 5) is 14.5. The molecule has 1 amide bonds. The van der Waals surface area contributed by atoms with Crippen LogP contribution in [0.15, 0.2) is 18.2 Å². The molecule has 1 aliphatic rings. The number of ether oxygens (including phenoxy) is 1. The number of hydrogen-bond acceptors (Lipinski definition) is 3. The number of benzene rings is 1. The quantitative estimate of drug-likeness (QED) is 0.926. The predicted molar refractivity (Wildman–Crippen MR) is 85.9 cm³/mol. The first kappa shape index (κ1) is 15.8. The number of carbonyl (C=O) groups is 1. The Bertz CT molecular complexity index is 492. The summed E-state index contributed by atoms with van der Waals surface area (Å²) in [5, 5.41) is 3.38. The van der Waals surface area contributed by atoms with Gasteiger partial charge in [0.15, 0.2) is 0 Å². The fourth-order valence-electron chi connectivity index (χ4n) is 2.78. The van der Waals surface area contributed by atoms with Gasteiger partial charge in [0.2, 0.25) is 0 Å². The van der Waals surface area contributed by atoms with Gasteiger partial charge in [-0.1, -0.05) is 6.92 Å². The molecule has 1 fully saturated rings. The maximum atomic E-state index is 12.6. The fourth-order valence-corrected chi connectivity index (χ4v) is 2.78. The number of amides is 1. The number of anilines is 1. The molecule has 0 unspecified atom stereocenters. The smallest absolute Gasteiger partial charge is 0.254 e. The third-order valence-corrected chi connectivity index (χ3v) is 3.75. The van der Waals surface area contributed by atoms with Crippen LogP contribution < -0.4 is 5.32 Å². The lowest BCUT2D eigenvalue weighted by molar-refractivity contribution is -0.0586. The number of aryl methyl sites for hydroxylation is 1. The van der Waals surface area contributed by atoms with Crippen molar-refractivity contribution >= 4 is 11.6 Å². The highest BCUT2D eigenvalue weighted by atomic mass is 16.5. The van der Waals surface area contributed by atoms with Crippen LogP contribution in [0.2, 0.25) is 0 Å². The van der Waals surface area contributed by atoms with Crippen LogP contribution in [0.3, 0.4) is 0 Å². The molecule has 1 aliphatic heterocycles. The summed E-state index contributed by atoms with van der Waals surface area (Å²) in [5.74, 6) is 0.0992. The van der Waals surface area contributed by atoms with E-state index in [-0.39, 0.29) is 18.1 Å². The monoisotopic (exact) mass is 290 g/mol. The van der Waals surface area contributed by atoms with Gasteiger partial charge in [0.05, 0.1) is 12.2 Å². The summed E-state index contributed by atoms with van der Waals surface area (Å²) < 4.78 is 5.69. The van der Waals surface area contributed by atoms with E-state index in [1.807, 2.05) is 43.9 Å². The highest BCUT2D eigenvalue weighted by molar-refractivity contribution is 5.95. The molecule has 1 heterocycles. The molecule has 1 saturated heterocycles. The summed E-state index contributed by atoms with van der Waals surface area (Å²) in [6.07, 6.45) is 1.29. The topological polar surface area (TPSA) is 41.6 Å². The van der Waals surface area contributed by atoms with Gasteiger partial charge >= 0.3 is 0 Å². The van der Waals surface area contributed by atoms with Gasteiger partial charge in [-0.3, -0.25) is 4.79 Å². The lowest BCUT2D eigenvalue weighted by Crippen LogP contribution is -2.48. The Kier molecular flexibility index (Phi) is 5.23. The van der Waals surface area contributed by atoms with Crippen LogP contribution in [0.4, 0.5) is 5.69 Å². The van der Waals surface area contributed by atoms with Crippen LogP contribution in [0.1, 0.15) is 43.1 Å². The molecule has 116 valence electrons. The van der Waals surface area contributed by atoms with Crippen molar-refractivity contribution < 1.29 is 9.53 Å². The molecular weight excluding hydrogens is 264 g/mol. The normalized spacial score (nSPS) is 22.2. The van der Waals surface area contributed by atoms with E-state index in [1.54, 1.807) is 0 Å². The Morgan fingerprint density at radius 2 is 2.00 bits per heavy atom. The molecule has 0 radical (unpaired) electrons. The van der Waals surface area contributed by atoms with Gasteiger partial charge in [0, 0.05) is 30.9 Å². The van der Waals surface area contributed by atoms with Crippen LogP contribution in [0.5, 0.6) is 0 Å².